The fourth-order valence-corrected chi connectivity index (χ4v) is 3.41. The highest BCUT2D eigenvalue weighted by Crippen LogP contribution is 2.30. The Bertz CT molecular complexity index is 933. The molecule has 1 saturated carbocycles. The number of rotatable bonds is 8. The highest BCUT2D eigenvalue weighted by Gasteiger charge is 2.34. The van der Waals surface area contributed by atoms with Crippen LogP contribution in [0, 0.1) is 5.92 Å². The molecule has 156 valence electrons. The number of hydrogen-bond acceptors (Lipinski definition) is 4. The first kappa shape index (κ1) is 19.9. The van der Waals surface area contributed by atoms with E-state index in [4.69, 9.17) is 4.74 Å². The lowest BCUT2D eigenvalue weighted by atomic mass is 10.1. The highest BCUT2D eigenvalue weighted by molar-refractivity contribution is 6.21. The number of carbonyl (C=O) groups excluding carboxylic acids is 2. The van der Waals surface area contributed by atoms with Crippen LogP contribution in [0.5, 0.6) is 5.75 Å². The van der Waals surface area contributed by atoms with E-state index < -0.39 is 0 Å². The molecule has 2 N–H and O–H groups in total. The number of nitrogens with zero attached hydrogens (tertiary/aromatic N) is 2. The third-order valence-electron chi connectivity index (χ3n) is 5.32. The second-order valence-electron chi connectivity index (χ2n) is 7.52. The van der Waals surface area contributed by atoms with Gasteiger partial charge in [-0.2, -0.15) is 0 Å². The van der Waals surface area contributed by atoms with Crippen LogP contribution in [-0.4, -0.2) is 49.4 Å². The third kappa shape index (κ3) is 4.45. The van der Waals surface area contributed by atoms with Crippen molar-refractivity contribution in [3.8, 4) is 5.75 Å². The van der Waals surface area contributed by atoms with Gasteiger partial charge >= 0.3 is 0 Å². The molecule has 0 saturated heterocycles. The van der Waals surface area contributed by atoms with Gasteiger partial charge in [-0.15, -0.1) is 0 Å². The maximum Gasteiger partial charge on any atom is 0.261 e. The lowest BCUT2D eigenvalue weighted by molar-refractivity contribution is 0.0657. The summed E-state index contributed by atoms with van der Waals surface area (Å²) in [4.78, 5) is 30.4. The topological polar surface area (TPSA) is 83.0 Å². The monoisotopic (exact) mass is 406 g/mol. The smallest absolute Gasteiger partial charge is 0.261 e. The van der Waals surface area contributed by atoms with Crippen LogP contribution in [0.25, 0.3) is 0 Å². The standard InChI is InChI=1S/C23H26N4O3/c1-24-23(26-14-17-6-2-5-9-20(17)30-15-16-10-11-16)25-12-13-27-21(28)18-7-3-4-8-19(18)22(27)29/h2-9,16H,10-15H2,1H3,(H2,24,25,26). The predicted molar refractivity (Wildman–Crippen MR) is 115 cm³/mol. The molecule has 1 heterocycles. The largest absolute Gasteiger partial charge is 0.493 e. The lowest BCUT2D eigenvalue weighted by Gasteiger charge is -2.17. The Hall–Kier alpha value is -3.35. The summed E-state index contributed by atoms with van der Waals surface area (Å²) >= 11 is 0. The predicted octanol–water partition coefficient (Wildman–Crippen LogP) is 2.44. The zero-order valence-electron chi connectivity index (χ0n) is 17.1. The Morgan fingerprint density at radius 2 is 1.70 bits per heavy atom. The van der Waals surface area contributed by atoms with E-state index in [0.717, 1.165) is 17.9 Å². The fraction of sp³-hybridized carbons (Fsp3) is 0.348. The molecular weight excluding hydrogens is 380 g/mol. The first-order chi connectivity index (χ1) is 14.7. The van der Waals surface area contributed by atoms with E-state index in [1.54, 1.807) is 31.3 Å². The number of aliphatic imine (C=N–C) groups is 1. The maximum atomic E-state index is 12.4. The van der Waals surface area contributed by atoms with Crippen LogP contribution in [-0.2, 0) is 6.54 Å². The minimum Gasteiger partial charge on any atom is -0.493 e. The van der Waals surface area contributed by atoms with Crippen molar-refractivity contribution in [1.29, 1.82) is 0 Å². The normalized spacial score (nSPS) is 15.9. The zero-order chi connectivity index (χ0) is 20.9. The van der Waals surface area contributed by atoms with E-state index in [0.29, 0.717) is 36.1 Å². The van der Waals surface area contributed by atoms with Gasteiger partial charge in [0.25, 0.3) is 11.8 Å². The number of amides is 2. The third-order valence-corrected chi connectivity index (χ3v) is 5.32. The van der Waals surface area contributed by atoms with Crippen LogP contribution in [0.1, 0.15) is 39.1 Å². The van der Waals surface area contributed by atoms with Crippen LogP contribution >= 0.6 is 0 Å². The molecule has 0 bridgehead atoms. The van der Waals surface area contributed by atoms with Crippen molar-refractivity contribution in [2.75, 3.05) is 26.7 Å². The minimum atomic E-state index is -0.248. The van der Waals surface area contributed by atoms with Crippen molar-refractivity contribution in [3.63, 3.8) is 0 Å². The number of hydrogen-bond donors (Lipinski definition) is 2. The van der Waals surface area contributed by atoms with Gasteiger partial charge in [0, 0.05) is 32.2 Å². The second-order valence-corrected chi connectivity index (χ2v) is 7.52. The molecule has 0 radical (unpaired) electrons. The summed E-state index contributed by atoms with van der Waals surface area (Å²) in [5.74, 6) is 1.69. The van der Waals surface area contributed by atoms with Crippen molar-refractivity contribution < 1.29 is 14.3 Å². The van der Waals surface area contributed by atoms with Crippen LogP contribution in [0.4, 0.5) is 0 Å². The van der Waals surface area contributed by atoms with Gasteiger partial charge in [-0.25, -0.2) is 0 Å². The van der Waals surface area contributed by atoms with Crippen molar-refractivity contribution in [1.82, 2.24) is 15.5 Å². The molecule has 1 fully saturated rings. The summed E-state index contributed by atoms with van der Waals surface area (Å²) in [5.41, 5.74) is 1.99. The van der Waals surface area contributed by atoms with E-state index in [1.807, 2.05) is 24.3 Å². The second kappa shape index (κ2) is 8.98. The zero-order valence-corrected chi connectivity index (χ0v) is 17.1. The van der Waals surface area contributed by atoms with E-state index in [2.05, 4.69) is 15.6 Å². The molecular formula is C23H26N4O3. The Labute approximate surface area is 176 Å². The average Bonchev–Trinajstić information content (AvgIpc) is 3.58. The molecule has 2 aliphatic rings. The van der Waals surface area contributed by atoms with Crippen molar-refractivity contribution in [3.05, 3.63) is 65.2 Å². The van der Waals surface area contributed by atoms with Gasteiger partial charge in [-0.3, -0.25) is 19.5 Å². The molecule has 30 heavy (non-hydrogen) atoms. The van der Waals surface area contributed by atoms with E-state index >= 15 is 0 Å². The first-order valence-electron chi connectivity index (χ1n) is 10.3. The van der Waals surface area contributed by atoms with Crippen LogP contribution in [0.2, 0.25) is 0 Å². The SMILES string of the molecule is CN=C(NCCN1C(=O)c2ccccc2C1=O)NCc1ccccc1OCC1CC1. The number of para-hydroxylation sites is 1. The Balaban J connectivity index is 1.27. The quantitative estimate of drug-likeness (QED) is 0.400. The molecule has 7 nitrogen and oxygen atoms in total. The van der Waals surface area contributed by atoms with Crippen LogP contribution < -0.4 is 15.4 Å². The Morgan fingerprint density at radius 3 is 2.37 bits per heavy atom. The lowest BCUT2D eigenvalue weighted by Crippen LogP contribution is -2.42. The number of imide groups is 1. The molecule has 2 amide bonds. The number of guanidine groups is 1. The summed E-state index contributed by atoms with van der Waals surface area (Å²) < 4.78 is 5.95. The van der Waals surface area contributed by atoms with Gasteiger partial charge in [0.2, 0.25) is 0 Å². The number of fused-ring (bicyclic) bond motifs is 1. The number of benzene rings is 2. The van der Waals surface area contributed by atoms with Crippen LogP contribution in [0.3, 0.4) is 0 Å². The maximum absolute atomic E-state index is 12.4. The Kier molecular flexibility index (Phi) is 5.97. The number of nitrogens with one attached hydrogen (secondary N) is 2. The molecule has 2 aromatic carbocycles. The van der Waals surface area contributed by atoms with Crippen molar-refractivity contribution in [2.24, 2.45) is 10.9 Å². The summed E-state index contributed by atoms with van der Waals surface area (Å²) in [6.07, 6.45) is 2.51. The van der Waals surface area contributed by atoms with E-state index in [-0.39, 0.29) is 18.4 Å². The molecule has 1 aliphatic heterocycles. The molecule has 7 heteroatoms. The van der Waals surface area contributed by atoms with Crippen molar-refractivity contribution in [2.45, 2.75) is 19.4 Å². The summed E-state index contributed by atoms with van der Waals surface area (Å²) in [7, 11) is 1.69. The first-order valence-corrected chi connectivity index (χ1v) is 10.3. The summed E-state index contributed by atoms with van der Waals surface area (Å²) in [6.45, 7) is 2.01. The molecule has 2 aromatic rings. The van der Waals surface area contributed by atoms with Crippen molar-refractivity contribution >= 4 is 17.8 Å². The molecule has 0 spiro atoms. The number of ether oxygens (including phenoxy) is 1. The van der Waals surface area contributed by atoms with Crippen LogP contribution in [0.15, 0.2) is 53.5 Å². The molecule has 0 atom stereocenters. The summed E-state index contributed by atoms with van der Waals surface area (Å²) in [5, 5.41) is 6.43. The molecule has 0 aromatic heterocycles. The molecule has 1 aliphatic carbocycles. The van der Waals surface area contributed by atoms with Gasteiger partial charge in [-0.05, 0) is 37.0 Å². The van der Waals surface area contributed by atoms with Gasteiger partial charge in [0.1, 0.15) is 5.75 Å². The van der Waals surface area contributed by atoms with E-state index in [1.165, 1.54) is 17.7 Å². The van der Waals surface area contributed by atoms with Gasteiger partial charge in [-0.1, -0.05) is 30.3 Å². The van der Waals surface area contributed by atoms with Gasteiger partial charge in [0.05, 0.1) is 17.7 Å². The van der Waals surface area contributed by atoms with Gasteiger partial charge in [0.15, 0.2) is 5.96 Å². The minimum absolute atomic E-state index is 0.248. The fourth-order valence-electron chi connectivity index (χ4n) is 3.41. The highest BCUT2D eigenvalue weighted by atomic mass is 16.5. The van der Waals surface area contributed by atoms with E-state index in [9.17, 15) is 9.59 Å². The molecule has 0 unspecified atom stereocenters. The molecule has 4 rings (SSSR count). The Morgan fingerprint density at radius 1 is 1.03 bits per heavy atom. The summed E-state index contributed by atoms with van der Waals surface area (Å²) in [6, 6.07) is 14.9. The van der Waals surface area contributed by atoms with Gasteiger partial charge < -0.3 is 15.4 Å². The average molecular weight is 406 g/mol. The number of carbonyl (C=O) groups is 2.